The van der Waals surface area contributed by atoms with Gasteiger partial charge < -0.3 is 35.1 Å². The number of ether oxygens (including phenoxy) is 3. The molecule has 2 fully saturated rings. The van der Waals surface area contributed by atoms with Gasteiger partial charge in [-0.05, 0) is 74.1 Å². The van der Waals surface area contributed by atoms with E-state index in [1.807, 2.05) is 41.5 Å². The maximum Gasteiger partial charge on any atom is 1.00 e. The Labute approximate surface area is 356 Å². The monoisotopic (exact) mass is 812 g/mol. The SMILES string of the molecule is CC(C)(C)OC(=O)N1CCCCCC1c1cc(N)n[nH]1.CC(C)(C)OC(=O)N1CCCCCC1c1cc2[nH]c(=O)cc(O)n2n1.CC[O-].COC(=O)CC(C)=O.[Na+]. The van der Waals surface area contributed by atoms with Gasteiger partial charge in [0.1, 0.15) is 34.9 Å². The number of likely N-dealkylation sites (tertiary alicyclic amines) is 2. The number of nitrogens with one attached hydrogen (secondary N) is 2. The fourth-order valence-corrected chi connectivity index (χ4v) is 5.89. The molecular weight excluding hydrogens is 751 g/mol. The molecule has 0 bridgehead atoms. The summed E-state index contributed by atoms with van der Waals surface area (Å²) in [6.45, 7) is 15.4. The third kappa shape index (κ3) is 17.9. The van der Waals surface area contributed by atoms with Crippen LogP contribution in [0.1, 0.15) is 137 Å². The minimum atomic E-state index is -0.573. The predicted molar refractivity (Wildman–Crippen MR) is 207 cm³/mol. The maximum atomic E-state index is 12.6. The number of hydrogen-bond donors (Lipinski definition) is 4. The van der Waals surface area contributed by atoms with E-state index >= 15 is 0 Å². The average Bonchev–Trinajstić information content (AvgIpc) is 3.50. The molecule has 0 spiro atoms. The Morgan fingerprint density at radius 2 is 1.40 bits per heavy atom. The summed E-state index contributed by atoms with van der Waals surface area (Å²) < 4.78 is 16.5. The minimum absolute atomic E-state index is 0. The molecule has 2 amide bonds. The first-order valence-corrected chi connectivity index (χ1v) is 19.0. The van der Waals surface area contributed by atoms with Crippen LogP contribution in [0.5, 0.6) is 5.88 Å². The van der Waals surface area contributed by atoms with E-state index < -0.39 is 22.7 Å². The Morgan fingerprint density at radius 3 is 1.84 bits per heavy atom. The van der Waals surface area contributed by atoms with Crippen molar-refractivity contribution in [2.75, 3.05) is 32.5 Å². The predicted octanol–water partition coefficient (Wildman–Crippen LogP) is 1.93. The van der Waals surface area contributed by atoms with Gasteiger partial charge in [0.05, 0.1) is 36.6 Å². The molecule has 5 N–H and O–H groups in total. The van der Waals surface area contributed by atoms with Crippen molar-refractivity contribution in [3.8, 4) is 5.88 Å². The van der Waals surface area contributed by atoms with Crippen LogP contribution in [0.25, 0.3) is 5.65 Å². The van der Waals surface area contributed by atoms with Crippen LogP contribution in [0.15, 0.2) is 23.0 Å². The minimum Gasteiger partial charge on any atom is -0.855 e. The summed E-state index contributed by atoms with van der Waals surface area (Å²) in [5, 5.41) is 30.1. The third-order valence-corrected chi connectivity index (χ3v) is 8.16. The molecule has 314 valence electrons. The molecule has 0 saturated carbocycles. The fourth-order valence-electron chi connectivity index (χ4n) is 5.89. The number of nitrogens with two attached hydrogens (primary N) is 1. The molecule has 18 nitrogen and oxygen atoms in total. The van der Waals surface area contributed by atoms with Gasteiger partial charge in [0, 0.05) is 25.2 Å². The quantitative estimate of drug-likeness (QED) is 0.127. The van der Waals surface area contributed by atoms with Crippen molar-refractivity contribution < 1.29 is 73.2 Å². The Kier molecular flexibility index (Phi) is 21.4. The Balaban J connectivity index is 0.000000453. The zero-order valence-corrected chi connectivity index (χ0v) is 37.3. The number of aromatic amines is 2. The van der Waals surface area contributed by atoms with E-state index in [9.17, 15) is 29.1 Å². The smallest absolute Gasteiger partial charge is 0.855 e. The molecule has 5 rings (SSSR count). The summed E-state index contributed by atoms with van der Waals surface area (Å²) >= 11 is 0. The van der Waals surface area contributed by atoms with Crippen LogP contribution in [-0.4, -0.2) is 102 Å². The molecule has 0 aromatic carbocycles. The van der Waals surface area contributed by atoms with Crippen molar-refractivity contribution in [2.45, 2.75) is 136 Å². The summed E-state index contributed by atoms with van der Waals surface area (Å²) in [5.74, 6) is -0.426. The number of carbonyl (C=O) groups is 4. The standard InChI is InChI=1S/C17H24N4O4.C14H24N4O2.C5H8O3.C2H5O.Na/c1-17(2,3)25-16(24)20-8-6-4-5-7-12(20)11-9-13-18-14(22)10-15(23)21(13)19-11;1-14(2,3)20-13(19)18-8-6-4-5-7-11(18)10-9-12(15)17-16-10;1-4(6)3-5(7)8-2;1-2-3;/h9-10,12,23H,4-8H2,1-3H3,(H,18,22);9,11H,4-8H2,1-3H3,(H3,15,16,17);3H2,1-2H3;2H2,1H3;/q;;;-1;+1. The first kappa shape index (κ1) is 50.9. The zero-order valence-electron chi connectivity index (χ0n) is 35.3. The Bertz CT molecular complexity index is 1780. The largest absolute Gasteiger partial charge is 1.00 e. The summed E-state index contributed by atoms with van der Waals surface area (Å²) in [6, 6.07) is 4.29. The number of nitrogens with zero attached hydrogens (tertiary/aromatic N) is 5. The summed E-state index contributed by atoms with van der Waals surface area (Å²) in [5.41, 5.74) is 6.12. The molecule has 0 radical (unpaired) electrons. The number of esters is 1. The number of Topliss-reactive ketones (excluding diaryl/α,β-unsaturated/α-hetero) is 1. The van der Waals surface area contributed by atoms with Crippen LogP contribution in [0.4, 0.5) is 15.4 Å². The molecule has 2 aliphatic heterocycles. The topological polar surface area (TPSA) is 251 Å². The van der Waals surface area contributed by atoms with Gasteiger partial charge in [-0.25, -0.2) is 9.59 Å². The van der Waals surface area contributed by atoms with Crippen molar-refractivity contribution in [3.63, 3.8) is 0 Å². The molecule has 5 heterocycles. The number of hydrogen-bond acceptors (Lipinski definition) is 13. The number of anilines is 1. The fraction of sp³-hybridized carbons (Fsp3) is 0.658. The second kappa shape index (κ2) is 23.9. The van der Waals surface area contributed by atoms with Crippen molar-refractivity contribution >= 4 is 35.4 Å². The molecule has 2 unspecified atom stereocenters. The number of nitrogen functional groups attached to an aromatic ring is 1. The number of carbonyl (C=O) groups excluding carboxylic acids is 4. The van der Waals surface area contributed by atoms with Crippen LogP contribution < -0.4 is 46.0 Å². The van der Waals surface area contributed by atoms with Crippen LogP contribution in [-0.2, 0) is 23.8 Å². The van der Waals surface area contributed by atoms with Crippen LogP contribution in [0.3, 0.4) is 0 Å². The van der Waals surface area contributed by atoms with E-state index in [1.165, 1.54) is 18.5 Å². The van der Waals surface area contributed by atoms with Gasteiger partial charge in [0.25, 0.3) is 5.56 Å². The van der Waals surface area contributed by atoms with Crippen molar-refractivity contribution in [1.82, 2.24) is 34.6 Å². The summed E-state index contributed by atoms with van der Waals surface area (Å²) in [7, 11) is 1.26. The van der Waals surface area contributed by atoms with E-state index in [4.69, 9.17) is 20.3 Å². The normalized spacial score (nSPS) is 17.0. The van der Waals surface area contributed by atoms with E-state index in [0.29, 0.717) is 30.2 Å². The van der Waals surface area contributed by atoms with Crippen molar-refractivity contribution in [1.29, 1.82) is 0 Å². The summed E-state index contributed by atoms with van der Waals surface area (Å²) in [6.07, 6.45) is 7.04. The van der Waals surface area contributed by atoms with E-state index in [-0.39, 0.29) is 78.5 Å². The van der Waals surface area contributed by atoms with Crippen molar-refractivity contribution in [3.05, 3.63) is 39.9 Å². The number of aromatic hydroxyl groups is 1. The van der Waals surface area contributed by atoms with Gasteiger partial charge in [-0.2, -0.15) is 14.7 Å². The van der Waals surface area contributed by atoms with E-state index in [0.717, 1.165) is 63.1 Å². The second-order valence-corrected chi connectivity index (χ2v) is 15.4. The molecule has 57 heavy (non-hydrogen) atoms. The Morgan fingerprint density at radius 1 is 0.895 bits per heavy atom. The van der Waals surface area contributed by atoms with Gasteiger partial charge in [-0.1, -0.05) is 32.6 Å². The molecule has 0 aliphatic carbocycles. The van der Waals surface area contributed by atoms with Gasteiger partial charge in [-0.15, -0.1) is 6.61 Å². The van der Waals surface area contributed by atoms with E-state index in [2.05, 4.69) is 25.0 Å². The van der Waals surface area contributed by atoms with Crippen molar-refractivity contribution in [2.24, 2.45) is 0 Å². The van der Waals surface area contributed by atoms with Gasteiger partial charge in [-0.3, -0.25) is 29.3 Å². The molecule has 2 saturated heterocycles. The average molecular weight is 813 g/mol. The number of H-pyrrole nitrogens is 2. The van der Waals surface area contributed by atoms with Crippen LogP contribution in [0, 0.1) is 0 Å². The first-order chi connectivity index (χ1) is 26.2. The molecule has 3 aromatic heterocycles. The van der Waals surface area contributed by atoms with Gasteiger partial charge in [0.15, 0.2) is 0 Å². The first-order valence-electron chi connectivity index (χ1n) is 19.0. The number of rotatable bonds is 4. The summed E-state index contributed by atoms with van der Waals surface area (Å²) in [4.78, 5) is 63.0. The number of aromatic nitrogens is 5. The molecule has 3 aromatic rings. The number of fused-ring (bicyclic) bond motifs is 1. The molecule has 2 aliphatic rings. The maximum absolute atomic E-state index is 12.6. The molecule has 2 atom stereocenters. The third-order valence-electron chi connectivity index (χ3n) is 8.16. The zero-order chi connectivity index (χ0) is 42.2. The second-order valence-electron chi connectivity index (χ2n) is 15.4. The number of ketones is 1. The number of methoxy groups -OCH3 is 1. The van der Waals surface area contributed by atoms with Gasteiger partial charge >= 0.3 is 47.7 Å². The molecular formula is C38H61N8NaO10. The van der Waals surface area contributed by atoms with E-state index in [1.54, 1.807) is 28.9 Å². The Hall–Kier alpha value is -4.13. The van der Waals surface area contributed by atoms with Crippen LogP contribution >= 0.6 is 0 Å². The van der Waals surface area contributed by atoms with Crippen LogP contribution in [0.2, 0.25) is 0 Å². The number of amides is 2. The van der Waals surface area contributed by atoms with Gasteiger partial charge in [0.2, 0.25) is 5.88 Å². The molecule has 19 heteroatoms.